The van der Waals surface area contributed by atoms with E-state index in [2.05, 4.69) is 25.7 Å². The molecule has 0 aliphatic heterocycles. The molecule has 4 heteroatoms. The third-order valence-corrected chi connectivity index (χ3v) is 3.78. The number of hydrogen-bond acceptors (Lipinski definition) is 4. The zero-order valence-corrected chi connectivity index (χ0v) is 12.7. The molecule has 18 heavy (non-hydrogen) atoms. The van der Waals surface area contributed by atoms with Gasteiger partial charge in [-0.15, -0.1) is 0 Å². The first-order valence-electron chi connectivity index (χ1n) is 6.85. The quantitative estimate of drug-likeness (QED) is 0.596. The first kappa shape index (κ1) is 17.4. The summed E-state index contributed by atoms with van der Waals surface area (Å²) in [4.78, 5) is 14.0. The zero-order valence-electron chi connectivity index (χ0n) is 12.7. The van der Waals surface area contributed by atoms with Gasteiger partial charge in [-0.2, -0.15) is 0 Å². The fourth-order valence-corrected chi connectivity index (χ4v) is 2.34. The van der Waals surface area contributed by atoms with Crippen molar-refractivity contribution in [1.29, 1.82) is 0 Å². The summed E-state index contributed by atoms with van der Waals surface area (Å²) in [5, 5.41) is 0. The number of carbonyl (C=O) groups is 1. The van der Waals surface area contributed by atoms with Crippen molar-refractivity contribution in [2.24, 2.45) is 5.92 Å². The summed E-state index contributed by atoms with van der Waals surface area (Å²) in [7, 11) is 3.15. The number of hydrogen-bond donors (Lipinski definition) is 0. The highest BCUT2D eigenvalue weighted by molar-refractivity contribution is 5.72. The van der Waals surface area contributed by atoms with Gasteiger partial charge in [-0.3, -0.25) is 9.69 Å². The Morgan fingerprint density at radius 2 is 1.72 bits per heavy atom. The number of methoxy groups -OCH3 is 2. The van der Waals surface area contributed by atoms with Crippen LogP contribution >= 0.6 is 0 Å². The van der Waals surface area contributed by atoms with Gasteiger partial charge in [0.25, 0.3) is 0 Å². The van der Waals surface area contributed by atoms with Crippen LogP contribution in [-0.4, -0.2) is 50.3 Å². The topological polar surface area (TPSA) is 38.8 Å². The Balaban J connectivity index is 4.76. The second-order valence-corrected chi connectivity index (χ2v) is 4.75. The van der Waals surface area contributed by atoms with Crippen LogP contribution < -0.4 is 0 Å². The molecule has 2 unspecified atom stereocenters. The minimum Gasteiger partial charge on any atom is -0.469 e. The van der Waals surface area contributed by atoms with E-state index in [4.69, 9.17) is 9.47 Å². The van der Waals surface area contributed by atoms with E-state index >= 15 is 0 Å². The van der Waals surface area contributed by atoms with Crippen molar-refractivity contribution in [3.05, 3.63) is 0 Å². The van der Waals surface area contributed by atoms with Crippen LogP contribution in [0, 0.1) is 5.92 Å². The minimum atomic E-state index is -0.143. The predicted octanol–water partition coefficient (Wildman–Crippen LogP) is 2.32. The van der Waals surface area contributed by atoms with Gasteiger partial charge in [0.05, 0.1) is 19.6 Å². The molecule has 0 amide bonds. The SMILES string of the molecule is CCC(CC)N(CCOC)C(C)C(C)C(=O)OC. The maximum Gasteiger partial charge on any atom is 0.309 e. The van der Waals surface area contributed by atoms with Crippen molar-refractivity contribution in [3.63, 3.8) is 0 Å². The molecule has 0 fully saturated rings. The first-order valence-corrected chi connectivity index (χ1v) is 6.85. The van der Waals surface area contributed by atoms with E-state index in [1.165, 1.54) is 7.11 Å². The van der Waals surface area contributed by atoms with Gasteiger partial charge in [0.1, 0.15) is 0 Å². The Kier molecular flexibility index (Phi) is 9.02. The van der Waals surface area contributed by atoms with E-state index in [0.717, 1.165) is 19.4 Å². The fraction of sp³-hybridized carbons (Fsp3) is 0.929. The van der Waals surface area contributed by atoms with Gasteiger partial charge in [-0.1, -0.05) is 20.8 Å². The molecule has 0 bridgehead atoms. The molecule has 0 aromatic heterocycles. The first-order chi connectivity index (χ1) is 8.53. The van der Waals surface area contributed by atoms with Gasteiger partial charge in [0.2, 0.25) is 0 Å². The number of rotatable bonds is 9. The lowest BCUT2D eigenvalue weighted by molar-refractivity contribution is -0.147. The largest absolute Gasteiger partial charge is 0.469 e. The monoisotopic (exact) mass is 259 g/mol. The second-order valence-electron chi connectivity index (χ2n) is 4.75. The Labute approximate surface area is 112 Å². The Bertz CT molecular complexity index is 229. The molecule has 2 atom stereocenters. The van der Waals surface area contributed by atoms with E-state index in [-0.39, 0.29) is 17.9 Å². The number of nitrogens with zero attached hydrogens (tertiary/aromatic N) is 1. The van der Waals surface area contributed by atoms with Crippen LogP contribution in [0.2, 0.25) is 0 Å². The van der Waals surface area contributed by atoms with Gasteiger partial charge in [0, 0.05) is 25.7 Å². The van der Waals surface area contributed by atoms with E-state index in [1.807, 2.05) is 6.92 Å². The van der Waals surface area contributed by atoms with Crippen LogP contribution in [-0.2, 0) is 14.3 Å². The molecule has 0 saturated heterocycles. The molecule has 0 rings (SSSR count). The molecule has 108 valence electrons. The van der Waals surface area contributed by atoms with Crippen LogP contribution in [0.1, 0.15) is 40.5 Å². The predicted molar refractivity (Wildman–Crippen MR) is 73.6 cm³/mol. The molecule has 0 aliphatic carbocycles. The lowest BCUT2D eigenvalue weighted by atomic mass is 9.98. The molecule has 4 nitrogen and oxygen atoms in total. The normalized spacial score (nSPS) is 14.9. The van der Waals surface area contributed by atoms with Crippen molar-refractivity contribution in [2.75, 3.05) is 27.4 Å². The Morgan fingerprint density at radius 3 is 2.11 bits per heavy atom. The fourth-order valence-electron chi connectivity index (χ4n) is 2.34. The summed E-state index contributed by atoms with van der Waals surface area (Å²) in [5.74, 6) is -0.261. The average Bonchev–Trinajstić information content (AvgIpc) is 2.40. The highest BCUT2D eigenvalue weighted by Gasteiger charge is 2.29. The summed E-state index contributed by atoms with van der Waals surface area (Å²) in [6.07, 6.45) is 2.16. The van der Waals surface area contributed by atoms with Crippen LogP contribution in [0.25, 0.3) is 0 Å². The average molecular weight is 259 g/mol. The van der Waals surface area contributed by atoms with Crippen molar-refractivity contribution >= 4 is 5.97 Å². The molecule has 0 spiro atoms. The third kappa shape index (κ3) is 4.94. The summed E-state index contributed by atoms with van der Waals surface area (Å²) >= 11 is 0. The number of esters is 1. The maximum atomic E-state index is 11.7. The van der Waals surface area contributed by atoms with Crippen LogP contribution in [0.4, 0.5) is 0 Å². The van der Waals surface area contributed by atoms with E-state index in [9.17, 15) is 4.79 Å². The molecular formula is C14H29NO3. The molecular weight excluding hydrogens is 230 g/mol. The van der Waals surface area contributed by atoms with E-state index < -0.39 is 0 Å². The molecule has 0 aliphatic rings. The third-order valence-electron chi connectivity index (χ3n) is 3.78. The molecule has 0 aromatic carbocycles. The van der Waals surface area contributed by atoms with Crippen molar-refractivity contribution in [1.82, 2.24) is 4.90 Å². The van der Waals surface area contributed by atoms with Gasteiger partial charge in [-0.05, 0) is 19.8 Å². The summed E-state index contributed by atoms with van der Waals surface area (Å²) in [6, 6.07) is 0.653. The van der Waals surface area contributed by atoms with Gasteiger partial charge >= 0.3 is 5.97 Å². The standard InChI is InChI=1S/C14H29NO3/c1-7-13(8-2)15(9-10-17-5)12(4)11(3)14(16)18-6/h11-13H,7-10H2,1-6H3. The number of carbonyl (C=O) groups excluding carboxylic acids is 1. The lowest BCUT2D eigenvalue weighted by Gasteiger charge is -2.37. The molecule has 0 saturated carbocycles. The molecule has 0 heterocycles. The van der Waals surface area contributed by atoms with Crippen LogP contribution in [0.15, 0.2) is 0 Å². The van der Waals surface area contributed by atoms with Crippen LogP contribution in [0.5, 0.6) is 0 Å². The van der Waals surface area contributed by atoms with Gasteiger partial charge in [0.15, 0.2) is 0 Å². The smallest absolute Gasteiger partial charge is 0.309 e. The van der Waals surface area contributed by atoms with E-state index in [1.54, 1.807) is 7.11 Å². The van der Waals surface area contributed by atoms with Crippen molar-refractivity contribution < 1.29 is 14.3 Å². The maximum absolute atomic E-state index is 11.7. The van der Waals surface area contributed by atoms with Crippen LogP contribution in [0.3, 0.4) is 0 Å². The molecule has 0 radical (unpaired) electrons. The van der Waals surface area contributed by atoms with Gasteiger partial charge < -0.3 is 9.47 Å². The van der Waals surface area contributed by atoms with Crippen molar-refractivity contribution in [3.8, 4) is 0 Å². The van der Waals surface area contributed by atoms with Crippen molar-refractivity contribution in [2.45, 2.75) is 52.6 Å². The highest BCUT2D eigenvalue weighted by Crippen LogP contribution is 2.19. The van der Waals surface area contributed by atoms with E-state index in [0.29, 0.717) is 12.6 Å². The Morgan fingerprint density at radius 1 is 1.17 bits per heavy atom. The summed E-state index contributed by atoms with van der Waals surface area (Å²) < 4.78 is 10.0. The lowest BCUT2D eigenvalue weighted by Crippen LogP contribution is -2.47. The number of ether oxygens (including phenoxy) is 2. The minimum absolute atomic E-state index is 0.118. The summed E-state index contributed by atoms with van der Waals surface area (Å²) in [5.41, 5.74) is 0. The summed E-state index contributed by atoms with van der Waals surface area (Å²) in [6.45, 7) is 9.93. The zero-order chi connectivity index (χ0) is 14.1. The van der Waals surface area contributed by atoms with Gasteiger partial charge in [-0.25, -0.2) is 0 Å². The molecule has 0 aromatic rings. The highest BCUT2D eigenvalue weighted by atomic mass is 16.5. The Hall–Kier alpha value is -0.610. The second kappa shape index (κ2) is 9.34. The molecule has 0 N–H and O–H groups in total.